The molecule has 0 radical (unpaired) electrons. The molecule has 32 heavy (non-hydrogen) atoms. The highest BCUT2D eigenvalue weighted by molar-refractivity contribution is 5.99. The van der Waals surface area contributed by atoms with Crippen molar-refractivity contribution in [1.29, 1.82) is 0 Å². The van der Waals surface area contributed by atoms with E-state index in [1.807, 2.05) is 31.2 Å². The van der Waals surface area contributed by atoms with Crippen molar-refractivity contribution in [2.75, 3.05) is 30.5 Å². The first kappa shape index (κ1) is 21.2. The number of hydrogen-bond donors (Lipinski definition) is 1. The number of aryl methyl sites for hydroxylation is 1. The van der Waals surface area contributed by atoms with Crippen molar-refractivity contribution in [3.63, 3.8) is 0 Å². The Balaban J connectivity index is 1.45. The van der Waals surface area contributed by atoms with Crippen LogP contribution in [-0.2, 0) is 16.1 Å². The smallest absolute Gasteiger partial charge is 0.265 e. The zero-order valence-electron chi connectivity index (χ0n) is 18.0. The number of amides is 2. The molecule has 0 aromatic heterocycles. The largest absolute Gasteiger partial charge is 0.497 e. The van der Waals surface area contributed by atoms with Gasteiger partial charge in [-0.25, -0.2) is 0 Å². The Bertz CT molecular complexity index is 1130. The van der Waals surface area contributed by atoms with Crippen LogP contribution in [0, 0.1) is 6.92 Å². The Kier molecular flexibility index (Phi) is 6.26. The summed E-state index contributed by atoms with van der Waals surface area (Å²) < 4.78 is 16.3. The van der Waals surface area contributed by atoms with Gasteiger partial charge in [-0.05, 0) is 42.8 Å². The summed E-state index contributed by atoms with van der Waals surface area (Å²) in [5, 5.41) is 2.81. The maximum atomic E-state index is 12.6. The molecule has 1 N–H and O–H groups in total. The van der Waals surface area contributed by atoms with E-state index in [0.717, 1.165) is 11.1 Å². The predicted molar refractivity (Wildman–Crippen MR) is 121 cm³/mol. The summed E-state index contributed by atoms with van der Waals surface area (Å²) in [7, 11) is 1.57. The minimum Gasteiger partial charge on any atom is -0.497 e. The van der Waals surface area contributed by atoms with Gasteiger partial charge >= 0.3 is 0 Å². The molecule has 4 rings (SSSR count). The van der Waals surface area contributed by atoms with Crippen LogP contribution in [0.15, 0.2) is 66.7 Å². The third-order valence-electron chi connectivity index (χ3n) is 5.06. The first-order valence-corrected chi connectivity index (χ1v) is 10.2. The SMILES string of the molecule is COc1cccc(OCC(=O)Nc2ccc3c(c2)N(Cc2ccc(C)cc2)C(=O)CO3)c1. The maximum absolute atomic E-state index is 12.6. The summed E-state index contributed by atoms with van der Waals surface area (Å²) in [4.78, 5) is 26.6. The number of nitrogens with one attached hydrogen (secondary N) is 1. The molecule has 0 saturated carbocycles. The van der Waals surface area contributed by atoms with E-state index in [2.05, 4.69) is 5.32 Å². The quantitative estimate of drug-likeness (QED) is 0.612. The molecule has 0 spiro atoms. The molecule has 3 aromatic carbocycles. The highest BCUT2D eigenvalue weighted by atomic mass is 16.5. The number of carbonyl (C=O) groups excluding carboxylic acids is 2. The van der Waals surface area contributed by atoms with E-state index in [1.165, 1.54) is 0 Å². The third kappa shape index (κ3) is 5.00. The molecule has 7 nitrogen and oxygen atoms in total. The Morgan fingerprint density at radius 3 is 2.62 bits per heavy atom. The van der Waals surface area contributed by atoms with Gasteiger partial charge in [-0.2, -0.15) is 0 Å². The van der Waals surface area contributed by atoms with Gasteiger partial charge < -0.3 is 24.4 Å². The second-order valence-corrected chi connectivity index (χ2v) is 7.45. The molecule has 1 aliphatic heterocycles. The second kappa shape index (κ2) is 9.43. The van der Waals surface area contributed by atoms with Crippen molar-refractivity contribution in [2.24, 2.45) is 0 Å². The van der Waals surface area contributed by atoms with Crippen LogP contribution in [0.5, 0.6) is 17.2 Å². The van der Waals surface area contributed by atoms with Crippen LogP contribution in [0.2, 0.25) is 0 Å². The number of benzene rings is 3. The fourth-order valence-electron chi connectivity index (χ4n) is 3.37. The van der Waals surface area contributed by atoms with Crippen LogP contribution in [0.4, 0.5) is 11.4 Å². The molecule has 1 heterocycles. The predicted octanol–water partition coefficient (Wildman–Crippen LogP) is 3.95. The molecule has 0 atom stereocenters. The zero-order chi connectivity index (χ0) is 22.5. The number of anilines is 2. The molecule has 7 heteroatoms. The lowest BCUT2D eigenvalue weighted by Gasteiger charge is -2.30. The van der Waals surface area contributed by atoms with Crippen LogP contribution in [-0.4, -0.2) is 32.1 Å². The minimum absolute atomic E-state index is 0.0149. The summed E-state index contributed by atoms with van der Waals surface area (Å²) in [6.45, 7) is 2.27. The van der Waals surface area contributed by atoms with Gasteiger partial charge in [0.1, 0.15) is 17.2 Å². The van der Waals surface area contributed by atoms with Gasteiger partial charge in [0.2, 0.25) is 0 Å². The van der Waals surface area contributed by atoms with Crippen LogP contribution in [0.25, 0.3) is 0 Å². The van der Waals surface area contributed by atoms with Crippen molar-refractivity contribution in [3.05, 3.63) is 77.9 Å². The second-order valence-electron chi connectivity index (χ2n) is 7.45. The fourth-order valence-corrected chi connectivity index (χ4v) is 3.37. The lowest BCUT2D eigenvalue weighted by atomic mass is 10.1. The number of rotatable bonds is 7. The van der Waals surface area contributed by atoms with Gasteiger partial charge in [0.25, 0.3) is 11.8 Å². The lowest BCUT2D eigenvalue weighted by molar-refractivity contribution is -0.121. The van der Waals surface area contributed by atoms with Gasteiger partial charge in [0.05, 0.1) is 19.3 Å². The first-order chi connectivity index (χ1) is 15.5. The Hall–Kier alpha value is -4.00. The van der Waals surface area contributed by atoms with Crippen molar-refractivity contribution in [1.82, 2.24) is 0 Å². The fraction of sp³-hybridized carbons (Fsp3) is 0.200. The number of hydrogen-bond acceptors (Lipinski definition) is 5. The van der Waals surface area contributed by atoms with Crippen molar-refractivity contribution in [2.45, 2.75) is 13.5 Å². The number of methoxy groups -OCH3 is 1. The zero-order valence-corrected chi connectivity index (χ0v) is 18.0. The summed E-state index contributed by atoms with van der Waals surface area (Å²) in [5.74, 6) is 1.33. The van der Waals surface area contributed by atoms with Gasteiger partial charge in [0, 0.05) is 11.8 Å². The van der Waals surface area contributed by atoms with Crippen LogP contribution < -0.4 is 24.4 Å². The van der Waals surface area contributed by atoms with Crippen LogP contribution in [0.1, 0.15) is 11.1 Å². The van der Waals surface area contributed by atoms with Gasteiger partial charge in [-0.15, -0.1) is 0 Å². The number of nitrogens with zero attached hydrogens (tertiary/aromatic N) is 1. The molecule has 0 aliphatic carbocycles. The normalized spacial score (nSPS) is 12.6. The van der Waals surface area contributed by atoms with Crippen LogP contribution in [0.3, 0.4) is 0 Å². The first-order valence-electron chi connectivity index (χ1n) is 10.2. The average molecular weight is 432 g/mol. The Morgan fingerprint density at radius 1 is 1.06 bits per heavy atom. The molecule has 0 fully saturated rings. The molecule has 0 saturated heterocycles. The van der Waals surface area contributed by atoms with E-state index in [9.17, 15) is 9.59 Å². The summed E-state index contributed by atoms with van der Waals surface area (Å²) in [6.07, 6.45) is 0. The minimum atomic E-state index is -0.319. The number of carbonyl (C=O) groups is 2. The van der Waals surface area contributed by atoms with Crippen molar-refractivity contribution in [3.8, 4) is 17.2 Å². The molecular formula is C25H24N2O5. The van der Waals surface area contributed by atoms with E-state index < -0.39 is 0 Å². The topological polar surface area (TPSA) is 77.1 Å². The van der Waals surface area contributed by atoms with Crippen LogP contribution >= 0.6 is 0 Å². The average Bonchev–Trinajstić information content (AvgIpc) is 2.81. The summed E-state index contributed by atoms with van der Waals surface area (Å²) in [5.41, 5.74) is 3.34. The molecule has 3 aromatic rings. The van der Waals surface area contributed by atoms with E-state index in [-0.39, 0.29) is 25.0 Å². The van der Waals surface area contributed by atoms with Gasteiger partial charge in [-0.1, -0.05) is 35.9 Å². The molecular weight excluding hydrogens is 408 g/mol. The van der Waals surface area contributed by atoms with E-state index in [1.54, 1.807) is 54.5 Å². The monoisotopic (exact) mass is 432 g/mol. The van der Waals surface area contributed by atoms with E-state index >= 15 is 0 Å². The Labute approximate surface area is 186 Å². The van der Waals surface area contributed by atoms with E-state index in [0.29, 0.717) is 35.2 Å². The molecule has 2 amide bonds. The standard InChI is InChI=1S/C25H24N2O5/c1-17-6-8-18(9-7-17)14-27-22-12-19(10-11-23(22)32-16-25(27)29)26-24(28)15-31-21-5-3-4-20(13-21)30-2/h3-13H,14-16H2,1-2H3,(H,26,28). The van der Waals surface area contributed by atoms with Crippen molar-refractivity contribution < 1.29 is 23.8 Å². The maximum Gasteiger partial charge on any atom is 0.265 e. The molecule has 0 unspecified atom stereocenters. The summed E-state index contributed by atoms with van der Waals surface area (Å²) in [6, 6.07) is 20.3. The van der Waals surface area contributed by atoms with Gasteiger partial charge in [-0.3, -0.25) is 9.59 Å². The molecule has 0 bridgehead atoms. The van der Waals surface area contributed by atoms with Crippen molar-refractivity contribution >= 4 is 23.2 Å². The third-order valence-corrected chi connectivity index (χ3v) is 5.06. The lowest BCUT2D eigenvalue weighted by Crippen LogP contribution is -2.38. The molecule has 164 valence electrons. The highest BCUT2D eigenvalue weighted by Crippen LogP contribution is 2.35. The highest BCUT2D eigenvalue weighted by Gasteiger charge is 2.26. The number of ether oxygens (including phenoxy) is 3. The van der Waals surface area contributed by atoms with E-state index in [4.69, 9.17) is 14.2 Å². The van der Waals surface area contributed by atoms with Gasteiger partial charge in [0.15, 0.2) is 13.2 Å². The molecule has 1 aliphatic rings. The Morgan fingerprint density at radius 2 is 1.84 bits per heavy atom. The number of fused-ring (bicyclic) bond motifs is 1. The summed E-state index contributed by atoms with van der Waals surface area (Å²) >= 11 is 0.